The van der Waals surface area contributed by atoms with Gasteiger partial charge in [0, 0.05) is 51.8 Å². The number of unbranched alkanes of at least 4 members (excludes halogenated alkanes) is 2. The van der Waals surface area contributed by atoms with Crippen LogP contribution in [0.2, 0.25) is 0 Å². The van der Waals surface area contributed by atoms with E-state index in [2.05, 4.69) is 192 Å². The molecule has 9 rings (SSSR count). The Hall–Kier alpha value is -7.28. The van der Waals surface area contributed by atoms with E-state index < -0.39 is 0 Å². The predicted molar refractivity (Wildman–Crippen MR) is 279 cm³/mol. The standard InChI is InChI=1S/C63H59NO2/c1-8-11-13-23-59-55-32-27-48(40-60(55)66-59)50(42-64-51-29-24-45(25-30-51)53-22-16-21-52-43(4)18-14-15-37-65-61(52)53)34-36-63(7)35-17-20-49(41-63)46-28-33-57-56(38-46)54-31-26-47(39-58(54)62(57,5)6)44(10-3)19-12-9-2/h3,8,14-39,42,48,64H,1,4,9,11-13,40-41H2,2,5-7H3/b18-14-,36-34-,37-15-,44-19+,50-42+,59-23-. The van der Waals surface area contributed by atoms with Crippen molar-refractivity contribution in [3.63, 3.8) is 0 Å². The summed E-state index contributed by atoms with van der Waals surface area (Å²) in [5, 5.41) is 3.66. The van der Waals surface area contributed by atoms with Crippen molar-refractivity contribution < 1.29 is 9.47 Å². The minimum Gasteiger partial charge on any atom is -0.464 e. The number of rotatable bonds is 13. The zero-order chi connectivity index (χ0) is 45.8. The molecule has 0 saturated carbocycles. The van der Waals surface area contributed by atoms with Crippen LogP contribution in [0.3, 0.4) is 0 Å². The molecule has 3 heteroatoms. The van der Waals surface area contributed by atoms with Crippen molar-refractivity contribution in [2.75, 3.05) is 5.32 Å². The van der Waals surface area contributed by atoms with Crippen LogP contribution >= 0.6 is 0 Å². The van der Waals surface area contributed by atoms with E-state index in [0.717, 1.165) is 94.9 Å². The molecular weight excluding hydrogens is 803 g/mol. The molecule has 3 aliphatic carbocycles. The molecule has 1 N–H and O–H groups in total. The number of benzene rings is 4. The lowest BCUT2D eigenvalue weighted by molar-refractivity contribution is 0.237. The smallest absolute Gasteiger partial charge is 0.142 e. The van der Waals surface area contributed by atoms with Crippen molar-refractivity contribution in [2.24, 2.45) is 11.3 Å². The van der Waals surface area contributed by atoms with E-state index in [1.807, 2.05) is 24.3 Å². The Balaban J connectivity index is 0.970. The topological polar surface area (TPSA) is 30.5 Å². The van der Waals surface area contributed by atoms with Crippen molar-refractivity contribution in [2.45, 2.75) is 71.6 Å². The maximum absolute atomic E-state index is 6.26. The van der Waals surface area contributed by atoms with E-state index in [9.17, 15) is 0 Å². The molecule has 328 valence electrons. The summed E-state index contributed by atoms with van der Waals surface area (Å²) in [6.45, 7) is 17.3. The number of terminal acetylenes is 1. The number of para-hydroxylation sites is 1. The fraction of sp³-hybridized carbons (Fsp3) is 0.206. The molecule has 2 unspecified atom stereocenters. The third-order valence-electron chi connectivity index (χ3n) is 13.6. The molecule has 2 heterocycles. The highest BCUT2D eigenvalue weighted by atomic mass is 16.5. The first kappa shape index (κ1) is 43.9. The van der Waals surface area contributed by atoms with Crippen molar-refractivity contribution in [3.05, 3.63) is 234 Å². The number of ether oxygens (including phenoxy) is 2. The van der Waals surface area contributed by atoms with Crippen LogP contribution in [0, 0.1) is 23.7 Å². The van der Waals surface area contributed by atoms with Crippen LogP contribution in [0.4, 0.5) is 5.69 Å². The molecule has 0 bridgehead atoms. The second kappa shape index (κ2) is 18.7. The Labute approximate surface area is 392 Å². The molecule has 2 aliphatic heterocycles. The van der Waals surface area contributed by atoms with Gasteiger partial charge in [-0.3, -0.25) is 0 Å². The molecule has 0 aromatic heterocycles. The maximum atomic E-state index is 6.26. The first-order valence-corrected chi connectivity index (χ1v) is 23.4. The Morgan fingerprint density at radius 2 is 1.71 bits per heavy atom. The Morgan fingerprint density at radius 1 is 0.879 bits per heavy atom. The Kier molecular flexibility index (Phi) is 12.4. The van der Waals surface area contributed by atoms with Crippen LogP contribution in [0.25, 0.3) is 39.0 Å². The molecule has 0 amide bonds. The van der Waals surface area contributed by atoms with Crippen LogP contribution in [-0.4, -0.2) is 0 Å². The van der Waals surface area contributed by atoms with Gasteiger partial charge in [0.2, 0.25) is 0 Å². The van der Waals surface area contributed by atoms with Gasteiger partial charge in [-0.15, -0.1) is 13.0 Å². The first-order valence-electron chi connectivity index (χ1n) is 23.4. The van der Waals surface area contributed by atoms with Gasteiger partial charge in [-0.05, 0) is 118 Å². The molecule has 4 aromatic carbocycles. The number of hydrogen-bond donors (Lipinski definition) is 1. The lowest BCUT2D eigenvalue weighted by atomic mass is 9.76. The quantitative estimate of drug-likeness (QED) is 0.0629. The lowest BCUT2D eigenvalue weighted by Gasteiger charge is -2.32. The second-order valence-corrected chi connectivity index (χ2v) is 18.7. The lowest BCUT2D eigenvalue weighted by Crippen LogP contribution is -2.19. The summed E-state index contributed by atoms with van der Waals surface area (Å²) in [6.07, 6.45) is 43.8. The number of fused-ring (bicyclic) bond motifs is 4. The molecule has 0 radical (unpaired) electrons. The zero-order valence-electron chi connectivity index (χ0n) is 38.8. The Bertz CT molecular complexity index is 2970. The highest BCUT2D eigenvalue weighted by Crippen LogP contribution is 2.51. The summed E-state index contributed by atoms with van der Waals surface area (Å²) in [6, 6.07) is 28.7. The summed E-state index contributed by atoms with van der Waals surface area (Å²) >= 11 is 0. The van der Waals surface area contributed by atoms with E-state index in [-0.39, 0.29) is 16.7 Å². The van der Waals surface area contributed by atoms with Gasteiger partial charge in [-0.25, -0.2) is 0 Å². The molecule has 0 spiro atoms. The predicted octanol–water partition coefficient (Wildman–Crippen LogP) is 16.6. The van der Waals surface area contributed by atoms with Gasteiger partial charge < -0.3 is 14.8 Å². The summed E-state index contributed by atoms with van der Waals surface area (Å²) in [5.74, 6) is 5.93. The van der Waals surface area contributed by atoms with E-state index in [1.54, 1.807) is 6.26 Å². The normalized spacial score (nSPS) is 21.8. The van der Waals surface area contributed by atoms with Crippen LogP contribution in [0.5, 0.6) is 5.75 Å². The molecule has 4 aromatic rings. The van der Waals surface area contributed by atoms with Gasteiger partial charge in [-0.1, -0.05) is 168 Å². The molecule has 0 fully saturated rings. The molecular formula is C63H59NO2. The third kappa shape index (κ3) is 8.77. The minimum absolute atomic E-state index is 0.125. The Morgan fingerprint density at radius 3 is 2.52 bits per heavy atom. The number of anilines is 1. The van der Waals surface area contributed by atoms with Gasteiger partial charge in [0.15, 0.2) is 0 Å². The van der Waals surface area contributed by atoms with Crippen LogP contribution < -0.4 is 10.1 Å². The molecule has 5 aliphatic rings. The van der Waals surface area contributed by atoms with Gasteiger partial charge in [0.05, 0.1) is 11.8 Å². The number of nitrogens with one attached hydrogen (secondary N) is 1. The van der Waals surface area contributed by atoms with Crippen LogP contribution in [-0.2, 0) is 10.2 Å². The first-order chi connectivity index (χ1) is 32.1. The van der Waals surface area contributed by atoms with E-state index in [0.29, 0.717) is 0 Å². The van der Waals surface area contributed by atoms with E-state index in [1.165, 1.54) is 44.5 Å². The average Bonchev–Trinajstić information content (AvgIpc) is 3.54. The molecule has 3 nitrogen and oxygen atoms in total. The van der Waals surface area contributed by atoms with Gasteiger partial charge in [-0.2, -0.15) is 0 Å². The molecule has 66 heavy (non-hydrogen) atoms. The molecule has 0 saturated heterocycles. The monoisotopic (exact) mass is 861 g/mol. The summed E-state index contributed by atoms with van der Waals surface area (Å²) in [7, 11) is 0. The van der Waals surface area contributed by atoms with Gasteiger partial charge >= 0.3 is 0 Å². The van der Waals surface area contributed by atoms with Gasteiger partial charge in [0.1, 0.15) is 17.3 Å². The maximum Gasteiger partial charge on any atom is 0.142 e. The van der Waals surface area contributed by atoms with E-state index >= 15 is 0 Å². The summed E-state index contributed by atoms with van der Waals surface area (Å²) < 4.78 is 12.4. The highest BCUT2D eigenvalue weighted by molar-refractivity contribution is 5.88. The number of allylic oxidation sites excluding steroid dienone is 18. The largest absolute Gasteiger partial charge is 0.464 e. The number of hydrogen-bond acceptors (Lipinski definition) is 3. The van der Waals surface area contributed by atoms with Crippen molar-refractivity contribution in [1.29, 1.82) is 0 Å². The zero-order valence-corrected chi connectivity index (χ0v) is 38.8. The van der Waals surface area contributed by atoms with E-state index in [4.69, 9.17) is 15.9 Å². The van der Waals surface area contributed by atoms with Crippen LogP contribution in [0.1, 0.15) is 94.0 Å². The minimum atomic E-state index is -0.200. The van der Waals surface area contributed by atoms with Crippen LogP contribution in [0.15, 0.2) is 206 Å². The SMILES string of the molecule is C#C/C(=C\CCC)c1ccc2c(c1)C(C)(C)c1ccc(C3=CC=CC(C)(/C=C\C(=C/Nc4ccc(-c5cccc6c5O/C=C\C=C/C6=C)cc4)C4C=CC5=C(C4)O/C5=C\CCC=C)C3)cc1-2. The fourth-order valence-corrected chi connectivity index (χ4v) is 9.78. The fourth-order valence-electron chi connectivity index (χ4n) is 9.78. The van der Waals surface area contributed by atoms with Crippen molar-refractivity contribution in [1.82, 2.24) is 0 Å². The third-order valence-corrected chi connectivity index (χ3v) is 13.6. The highest BCUT2D eigenvalue weighted by Gasteiger charge is 2.36. The second-order valence-electron chi connectivity index (χ2n) is 18.7. The van der Waals surface area contributed by atoms with Crippen molar-refractivity contribution >= 4 is 22.4 Å². The van der Waals surface area contributed by atoms with Crippen molar-refractivity contribution in [3.8, 4) is 40.3 Å². The average molecular weight is 862 g/mol. The summed E-state index contributed by atoms with van der Waals surface area (Å²) in [4.78, 5) is 0. The van der Waals surface area contributed by atoms with Gasteiger partial charge in [0.25, 0.3) is 0 Å². The molecule has 2 atom stereocenters. The summed E-state index contributed by atoms with van der Waals surface area (Å²) in [5.41, 5.74) is 17.1.